The average Bonchev–Trinajstić information content (AvgIpc) is 3.24. The Hall–Kier alpha value is -3.13. The second-order valence-corrected chi connectivity index (χ2v) is 6.86. The number of nitro groups is 1. The number of rotatable bonds is 10. The van der Waals surface area contributed by atoms with Crippen molar-refractivity contribution < 1.29 is 19.2 Å². The predicted octanol–water partition coefficient (Wildman–Crippen LogP) is 3.98. The lowest BCUT2D eigenvalue weighted by atomic mass is 10.2. The number of carbonyl (C=O) groups excluding carboxylic acids is 1. The highest BCUT2D eigenvalue weighted by Crippen LogP contribution is 2.20. The van der Waals surface area contributed by atoms with Gasteiger partial charge in [0.2, 0.25) is 5.91 Å². The number of hydrogen-bond donors (Lipinski definition) is 2. The zero-order chi connectivity index (χ0) is 20.5. The molecule has 0 aromatic heterocycles. The summed E-state index contributed by atoms with van der Waals surface area (Å²) in [4.78, 5) is 22.4. The Morgan fingerprint density at radius 2 is 2.03 bits per heavy atom. The van der Waals surface area contributed by atoms with Crippen LogP contribution < -0.4 is 15.4 Å². The van der Waals surface area contributed by atoms with Gasteiger partial charge in [-0.3, -0.25) is 14.9 Å². The van der Waals surface area contributed by atoms with Crippen LogP contribution in [0.2, 0.25) is 0 Å². The number of nitrogens with zero attached hydrogens (tertiary/aromatic N) is 1. The van der Waals surface area contributed by atoms with Gasteiger partial charge in [-0.15, -0.1) is 0 Å². The number of amides is 1. The number of nitro benzene ring substituents is 1. The van der Waals surface area contributed by atoms with E-state index in [1.54, 1.807) is 12.1 Å². The van der Waals surface area contributed by atoms with Gasteiger partial charge in [-0.25, -0.2) is 0 Å². The number of carbonyl (C=O) groups is 1. The van der Waals surface area contributed by atoms with Gasteiger partial charge in [0.05, 0.1) is 11.0 Å². The van der Waals surface area contributed by atoms with Crippen LogP contribution in [0.3, 0.4) is 0 Å². The first-order valence-electron chi connectivity index (χ1n) is 9.73. The summed E-state index contributed by atoms with van der Waals surface area (Å²) in [6.45, 7) is 1.91. The Labute approximate surface area is 169 Å². The molecule has 0 aliphatic carbocycles. The molecular formula is C21H25N3O5. The van der Waals surface area contributed by atoms with Crippen molar-refractivity contribution in [1.29, 1.82) is 0 Å². The molecule has 1 saturated heterocycles. The van der Waals surface area contributed by atoms with Crippen LogP contribution >= 0.6 is 0 Å². The monoisotopic (exact) mass is 399 g/mol. The summed E-state index contributed by atoms with van der Waals surface area (Å²) in [6.07, 6.45) is 3.24. The highest BCUT2D eigenvalue weighted by Gasteiger charge is 2.16. The topological polar surface area (TPSA) is 103 Å². The molecule has 0 bridgehead atoms. The maximum absolute atomic E-state index is 12.1. The van der Waals surface area contributed by atoms with E-state index in [0.29, 0.717) is 37.4 Å². The largest absolute Gasteiger partial charge is 0.491 e. The van der Waals surface area contributed by atoms with Gasteiger partial charge in [-0.2, -0.15) is 0 Å². The van der Waals surface area contributed by atoms with Crippen molar-refractivity contribution in [2.75, 3.05) is 30.4 Å². The third-order valence-corrected chi connectivity index (χ3v) is 4.57. The molecule has 8 nitrogen and oxygen atoms in total. The Balaban J connectivity index is 1.36. The maximum atomic E-state index is 12.1. The van der Waals surface area contributed by atoms with Gasteiger partial charge in [0, 0.05) is 49.1 Å². The smallest absolute Gasteiger partial charge is 0.269 e. The second kappa shape index (κ2) is 10.4. The van der Waals surface area contributed by atoms with Gasteiger partial charge >= 0.3 is 0 Å². The van der Waals surface area contributed by atoms with Crippen LogP contribution in [-0.2, 0) is 9.53 Å². The van der Waals surface area contributed by atoms with Crippen LogP contribution in [0.4, 0.5) is 17.1 Å². The zero-order valence-electron chi connectivity index (χ0n) is 16.1. The van der Waals surface area contributed by atoms with E-state index in [1.165, 1.54) is 12.1 Å². The van der Waals surface area contributed by atoms with Gasteiger partial charge in [0.1, 0.15) is 12.4 Å². The quantitative estimate of drug-likeness (QED) is 0.356. The van der Waals surface area contributed by atoms with Crippen molar-refractivity contribution in [1.82, 2.24) is 0 Å². The predicted molar refractivity (Wildman–Crippen MR) is 110 cm³/mol. The summed E-state index contributed by atoms with van der Waals surface area (Å²) in [5.41, 5.74) is 1.53. The molecule has 0 spiro atoms. The van der Waals surface area contributed by atoms with Crippen molar-refractivity contribution in [3.05, 3.63) is 58.6 Å². The molecule has 1 aliphatic rings. The highest BCUT2D eigenvalue weighted by molar-refractivity contribution is 5.90. The van der Waals surface area contributed by atoms with Crippen molar-refractivity contribution in [3.8, 4) is 5.75 Å². The normalized spacial score (nSPS) is 15.7. The van der Waals surface area contributed by atoms with Crippen LogP contribution in [-0.4, -0.2) is 36.7 Å². The molecule has 2 N–H and O–H groups in total. The lowest BCUT2D eigenvalue weighted by Gasteiger charge is -2.12. The Kier molecular flexibility index (Phi) is 7.40. The number of nitrogens with one attached hydrogen (secondary N) is 2. The Bertz CT molecular complexity index is 819. The molecule has 29 heavy (non-hydrogen) atoms. The first-order valence-corrected chi connectivity index (χ1v) is 9.73. The third-order valence-electron chi connectivity index (χ3n) is 4.57. The number of non-ortho nitro benzene ring substituents is 1. The van der Waals surface area contributed by atoms with Crippen molar-refractivity contribution >= 4 is 23.0 Å². The molecule has 3 rings (SSSR count). The molecule has 154 valence electrons. The minimum atomic E-state index is -0.434. The van der Waals surface area contributed by atoms with Crippen molar-refractivity contribution in [3.63, 3.8) is 0 Å². The Morgan fingerprint density at radius 3 is 2.76 bits per heavy atom. The van der Waals surface area contributed by atoms with Gasteiger partial charge in [-0.05, 0) is 43.5 Å². The van der Waals surface area contributed by atoms with E-state index in [1.807, 2.05) is 24.3 Å². The average molecular weight is 399 g/mol. The molecular weight excluding hydrogens is 374 g/mol. The molecule has 0 radical (unpaired) electrons. The number of anilines is 2. The number of hydrogen-bond acceptors (Lipinski definition) is 6. The molecule has 1 amide bonds. The van der Waals surface area contributed by atoms with Gasteiger partial charge in [0.25, 0.3) is 5.69 Å². The summed E-state index contributed by atoms with van der Waals surface area (Å²) in [7, 11) is 0. The number of ether oxygens (including phenoxy) is 2. The van der Waals surface area contributed by atoms with Gasteiger partial charge in [-0.1, -0.05) is 6.07 Å². The summed E-state index contributed by atoms with van der Waals surface area (Å²) < 4.78 is 11.3. The minimum absolute atomic E-state index is 0.0527. The van der Waals surface area contributed by atoms with Crippen LogP contribution in [0.15, 0.2) is 48.5 Å². The van der Waals surface area contributed by atoms with Crippen LogP contribution in [0.1, 0.15) is 25.7 Å². The minimum Gasteiger partial charge on any atom is -0.491 e. The van der Waals surface area contributed by atoms with Crippen LogP contribution in [0.25, 0.3) is 0 Å². The lowest BCUT2D eigenvalue weighted by molar-refractivity contribution is -0.384. The molecule has 2 aromatic rings. The Morgan fingerprint density at radius 1 is 1.21 bits per heavy atom. The fourth-order valence-corrected chi connectivity index (χ4v) is 3.03. The van der Waals surface area contributed by atoms with E-state index in [4.69, 9.17) is 9.47 Å². The third kappa shape index (κ3) is 6.76. The fourth-order valence-electron chi connectivity index (χ4n) is 3.03. The number of benzene rings is 2. The highest BCUT2D eigenvalue weighted by atomic mass is 16.6. The van der Waals surface area contributed by atoms with E-state index >= 15 is 0 Å². The van der Waals surface area contributed by atoms with Gasteiger partial charge < -0.3 is 20.1 Å². The SMILES string of the molecule is O=C(CCCNc1ccc([N+](=O)[O-])cc1)Nc1cccc(OCC2CCCO2)c1. The van der Waals surface area contributed by atoms with E-state index in [9.17, 15) is 14.9 Å². The van der Waals surface area contributed by atoms with Crippen molar-refractivity contribution in [2.24, 2.45) is 0 Å². The molecule has 1 atom stereocenters. The van der Waals surface area contributed by atoms with E-state index < -0.39 is 4.92 Å². The van der Waals surface area contributed by atoms with E-state index in [-0.39, 0.29) is 17.7 Å². The zero-order valence-corrected chi connectivity index (χ0v) is 16.1. The van der Waals surface area contributed by atoms with E-state index in [0.717, 1.165) is 25.1 Å². The molecule has 1 aliphatic heterocycles. The van der Waals surface area contributed by atoms with Crippen LogP contribution in [0, 0.1) is 10.1 Å². The lowest BCUT2D eigenvalue weighted by Crippen LogP contribution is -2.16. The first kappa shape index (κ1) is 20.6. The maximum Gasteiger partial charge on any atom is 0.269 e. The molecule has 1 fully saturated rings. The molecule has 1 unspecified atom stereocenters. The summed E-state index contributed by atoms with van der Waals surface area (Å²) in [5, 5.41) is 16.7. The summed E-state index contributed by atoms with van der Waals surface area (Å²) in [6, 6.07) is 13.5. The molecule has 0 saturated carbocycles. The first-order chi connectivity index (χ1) is 14.1. The van der Waals surface area contributed by atoms with Crippen LogP contribution in [0.5, 0.6) is 5.75 Å². The molecule has 2 aromatic carbocycles. The van der Waals surface area contributed by atoms with Gasteiger partial charge in [0.15, 0.2) is 0 Å². The summed E-state index contributed by atoms with van der Waals surface area (Å²) >= 11 is 0. The van der Waals surface area contributed by atoms with Crippen molar-refractivity contribution in [2.45, 2.75) is 31.8 Å². The fraction of sp³-hybridized carbons (Fsp3) is 0.381. The second-order valence-electron chi connectivity index (χ2n) is 6.86. The molecule has 1 heterocycles. The summed E-state index contributed by atoms with van der Waals surface area (Å²) in [5.74, 6) is 0.630. The molecule has 8 heteroatoms. The van der Waals surface area contributed by atoms with E-state index in [2.05, 4.69) is 10.6 Å². The standard InChI is InChI=1S/C21H25N3O5/c25-21(7-2-12-22-16-8-10-18(11-9-16)24(26)27)23-17-4-1-5-19(14-17)29-15-20-6-3-13-28-20/h1,4-5,8-11,14,20,22H,2-3,6-7,12-13,15H2,(H,23,25).